The Kier molecular flexibility index (Phi) is 5.10. The fourth-order valence-corrected chi connectivity index (χ4v) is 3.38. The first-order valence-corrected chi connectivity index (χ1v) is 9.78. The van der Waals surface area contributed by atoms with Crippen molar-refractivity contribution in [1.82, 2.24) is 4.98 Å². The van der Waals surface area contributed by atoms with Gasteiger partial charge in [0.1, 0.15) is 11.3 Å². The lowest BCUT2D eigenvalue weighted by molar-refractivity contribution is 0.305. The van der Waals surface area contributed by atoms with Gasteiger partial charge in [0.2, 0.25) is 5.89 Å². The van der Waals surface area contributed by atoms with E-state index in [1.807, 2.05) is 18.2 Å². The van der Waals surface area contributed by atoms with Gasteiger partial charge in [-0.05, 0) is 60.0 Å². The third-order valence-electron chi connectivity index (χ3n) is 4.95. The Morgan fingerprint density at radius 2 is 1.78 bits per heavy atom. The van der Waals surface area contributed by atoms with Crippen LogP contribution in [0.4, 0.5) is 0 Å². The fourth-order valence-electron chi connectivity index (χ4n) is 3.38. The molecule has 4 aromatic rings. The Balaban J connectivity index is 1.55. The lowest BCUT2D eigenvalue weighted by Crippen LogP contribution is -1.97. The number of hydrogen-bond donors (Lipinski definition) is 0. The number of unbranched alkanes of at least 4 members (excludes halogenated alkanes) is 3. The maximum Gasteiger partial charge on any atom is 0.227 e. The molecule has 1 aromatic heterocycles. The maximum absolute atomic E-state index is 5.96. The normalized spacial score (nSPS) is 11.3. The predicted molar refractivity (Wildman–Crippen MR) is 111 cm³/mol. The second-order valence-corrected chi connectivity index (χ2v) is 7.07. The van der Waals surface area contributed by atoms with Crippen LogP contribution in [-0.4, -0.2) is 11.6 Å². The first kappa shape index (κ1) is 17.6. The molecule has 0 spiro atoms. The maximum atomic E-state index is 5.96. The summed E-state index contributed by atoms with van der Waals surface area (Å²) < 4.78 is 11.9. The third kappa shape index (κ3) is 3.82. The van der Waals surface area contributed by atoms with Crippen LogP contribution >= 0.6 is 0 Å². The lowest BCUT2D eigenvalue weighted by atomic mass is 10.1. The molecule has 0 aliphatic carbocycles. The number of ether oxygens (including phenoxy) is 1. The van der Waals surface area contributed by atoms with Crippen LogP contribution in [0.3, 0.4) is 0 Å². The number of hydrogen-bond acceptors (Lipinski definition) is 3. The Morgan fingerprint density at radius 3 is 2.63 bits per heavy atom. The van der Waals surface area contributed by atoms with Crippen molar-refractivity contribution in [2.75, 3.05) is 6.61 Å². The van der Waals surface area contributed by atoms with Gasteiger partial charge in [0.05, 0.1) is 6.61 Å². The van der Waals surface area contributed by atoms with Gasteiger partial charge in [0.15, 0.2) is 5.58 Å². The minimum atomic E-state index is 0.664. The zero-order chi connectivity index (χ0) is 18.6. The summed E-state index contributed by atoms with van der Waals surface area (Å²) in [5.41, 5.74) is 3.88. The van der Waals surface area contributed by atoms with Gasteiger partial charge >= 0.3 is 0 Å². The smallest absolute Gasteiger partial charge is 0.227 e. The van der Waals surface area contributed by atoms with Gasteiger partial charge in [-0.3, -0.25) is 0 Å². The molecule has 0 N–H and O–H groups in total. The number of benzene rings is 3. The number of aromatic nitrogens is 1. The average Bonchev–Trinajstić information content (AvgIpc) is 3.13. The van der Waals surface area contributed by atoms with Gasteiger partial charge in [0.25, 0.3) is 0 Å². The van der Waals surface area contributed by atoms with E-state index < -0.39 is 0 Å². The molecule has 0 unspecified atom stereocenters. The molecule has 0 aliphatic rings. The average molecular weight is 359 g/mol. The number of fused-ring (bicyclic) bond motifs is 2. The minimum absolute atomic E-state index is 0.664. The van der Waals surface area contributed by atoms with E-state index in [0.717, 1.165) is 51.8 Å². The van der Waals surface area contributed by atoms with E-state index in [2.05, 4.69) is 55.2 Å². The molecule has 4 rings (SSSR count). The van der Waals surface area contributed by atoms with Crippen molar-refractivity contribution in [1.29, 1.82) is 0 Å². The predicted octanol–water partition coefficient (Wildman–Crippen LogP) is 6.92. The van der Waals surface area contributed by atoms with Crippen LogP contribution in [0.5, 0.6) is 5.75 Å². The highest BCUT2D eigenvalue weighted by atomic mass is 16.5. The van der Waals surface area contributed by atoms with E-state index in [4.69, 9.17) is 9.15 Å². The molecular formula is C24H25NO2. The van der Waals surface area contributed by atoms with Crippen molar-refractivity contribution < 1.29 is 9.15 Å². The van der Waals surface area contributed by atoms with Crippen LogP contribution in [0.1, 0.15) is 38.2 Å². The van der Waals surface area contributed by atoms with Gasteiger partial charge in [-0.1, -0.05) is 50.5 Å². The molecule has 3 nitrogen and oxygen atoms in total. The monoisotopic (exact) mass is 359 g/mol. The van der Waals surface area contributed by atoms with Crippen molar-refractivity contribution >= 4 is 21.9 Å². The van der Waals surface area contributed by atoms with Crippen molar-refractivity contribution in [3.63, 3.8) is 0 Å². The summed E-state index contributed by atoms with van der Waals surface area (Å²) in [6.45, 7) is 5.06. The molecule has 0 bridgehead atoms. The van der Waals surface area contributed by atoms with Gasteiger partial charge in [0, 0.05) is 5.56 Å². The Morgan fingerprint density at radius 1 is 0.926 bits per heavy atom. The molecule has 1 heterocycles. The van der Waals surface area contributed by atoms with Crippen LogP contribution in [0.2, 0.25) is 0 Å². The molecule has 27 heavy (non-hydrogen) atoms. The zero-order valence-electron chi connectivity index (χ0n) is 16.0. The van der Waals surface area contributed by atoms with Crippen molar-refractivity contribution in [2.24, 2.45) is 0 Å². The number of oxazole rings is 1. The highest BCUT2D eigenvalue weighted by Crippen LogP contribution is 2.29. The first-order chi connectivity index (χ1) is 13.2. The van der Waals surface area contributed by atoms with Gasteiger partial charge in [-0.15, -0.1) is 0 Å². The number of rotatable bonds is 7. The summed E-state index contributed by atoms with van der Waals surface area (Å²) in [4.78, 5) is 4.68. The molecular weight excluding hydrogens is 334 g/mol. The van der Waals surface area contributed by atoms with E-state index in [-0.39, 0.29) is 0 Å². The number of para-hydroxylation sites is 1. The quantitative estimate of drug-likeness (QED) is 0.336. The third-order valence-corrected chi connectivity index (χ3v) is 4.95. The van der Waals surface area contributed by atoms with E-state index in [0.29, 0.717) is 5.89 Å². The Labute approximate surface area is 160 Å². The van der Waals surface area contributed by atoms with E-state index in [1.54, 1.807) is 0 Å². The highest BCUT2D eigenvalue weighted by Gasteiger charge is 2.10. The summed E-state index contributed by atoms with van der Waals surface area (Å²) in [6.07, 6.45) is 4.87. The van der Waals surface area contributed by atoms with Crippen molar-refractivity contribution in [3.8, 4) is 17.2 Å². The van der Waals surface area contributed by atoms with Crippen LogP contribution in [0.15, 0.2) is 59.0 Å². The molecule has 3 aromatic carbocycles. The molecule has 0 fully saturated rings. The van der Waals surface area contributed by atoms with Crippen molar-refractivity contribution in [2.45, 2.75) is 39.5 Å². The Bertz CT molecular complexity index is 1060. The van der Waals surface area contributed by atoms with Crippen molar-refractivity contribution in [3.05, 3.63) is 60.2 Å². The molecule has 138 valence electrons. The topological polar surface area (TPSA) is 35.3 Å². The molecule has 0 saturated carbocycles. The molecule has 3 heteroatoms. The van der Waals surface area contributed by atoms with Gasteiger partial charge in [-0.25, -0.2) is 4.98 Å². The zero-order valence-corrected chi connectivity index (χ0v) is 16.0. The lowest BCUT2D eigenvalue weighted by Gasteiger charge is -2.08. The summed E-state index contributed by atoms with van der Waals surface area (Å²) in [7, 11) is 0. The molecule has 0 saturated heterocycles. The molecule has 0 radical (unpaired) electrons. The molecule has 0 aliphatic heterocycles. The van der Waals surface area contributed by atoms with Gasteiger partial charge in [-0.2, -0.15) is 0 Å². The minimum Gasteiger partial charge on any atom is -0.494 e. The summed E-state index contributed by atoms with van der Waals surface area (Å²) >= 11 is 0. The van der Waals surface area contributed by atoms with Crippen LogP contribution in [0.25, 0.3) is 33.3 Å². The van der Waals surface area contributed by atoms with E-state index in [9.17, 15) is 0 Å². The summed E-state index contributed by atoms with van der Waals surface area (Å²) in [6, 6.07) is 18.6. The van der Waals surface area contributed by atoms with Crippen LogP contribution < -0.4 is 4.74 Å². The van der Waals surface area contributed by atoms with E-state index >= 15 is 0 Å². The first-order valence-electron chi connectivity index (χ1n) is 9.78. The van der Waals surface area contributed by atoms with Crippen LogP contribution in [0, 0.1) is 6.92 Å². The largest absolute Gasteiger partial charge is 0.494 e. The standard InChI is InChI=1S/C24H25NO2/c1-3-4-5-6-14-26-21-13-12-18-15-20(11-10-19(18)16-21)24-25-23-17(2)8-7-9-22(23)27-24/h7-13,15-16H,3-6,14H2,1-2H3. The second kappa shape index (κ2) is 7.83. The summed E-state index contributed by atoms with van der Waals surface area (Å²) in [5.74, 6) is 1.60. The number of aryl methyl sites for hydroxylation is 1. The number of nitrogens with zero attached hydrogens (tertiary/aromatic N) is 1. The Hall–Kier alpha value is -2.81. The molecule has 0 atom stereocenters. The second-order valence-electron chi connectivity index (χ2n) is 7.07. The fraction of sp³-hybridized carbons (Fsp3) is 0.292. The van der Waals surface area contributed by atoms with Gasteiger partial charge < -0.3 is 9.15 Å². The molecule has 0 amide bonds. The SMILES string of the molecule is CCCCCCOc1ccc2cc(-c3nc4c(C)cccc4o3)ccc2c1. The highest BCUT2D eigenvalue weighted by molar-refractivity contribution is 5.88. The summed E-state index contributed by atoms with van der Waals surface area (Å²) in [5, 5.41) is 2.32. The van der Waals surface area contributed by atoms with E-state index in [1.165, 1.54) is 19.3 Å². The van der Waals surface area contributed by atoms with Crippen LogP contribution in [-0.2, 0) is 0 Å².